The van der Waals surface area contributed by atoms with Crippen LogP contribution in [0.3, 0.4) is 0 Å². The van der Waals surface area contributed by atoms with Crippen molar-refractivity contribution in [1.29, 1.82) is 0 Å². The third-order valence-corrected chi connectivity index (χ3v) is 3.32. The summed E-state index contributed by atoms with van der Waals surface area (Å²) in [5.41, 5.74) is 4.16. The molecule has 22 heavy (non-hydrogen) atoms. The molecule has 0 saturated carbocycles. The molecule has 0 bridgehead atoms. The lowest BCUT2D eigenvalue weighted by Crippen LogP contribution is -2.01. The molecule has 0 amide bonds. The summed E-state index contributed by atoms with van der Waals surface area (Å²) in [7, 11) is 0. The molecule has 0 spiro atoms. The summed E-state index contributed by atoms with van der Waals surface area (Å²) in [4.78, 5) is 11.4. The van der Waals surface area contributed by atoms with Crippen LogP contribution in [0, 0.1) is 0 Å². The van der Waals surface area contributed by atoms with E-state index in [4.69, 9.17) is 0 Å². The summed E-state index contributed by atoms with van der Waals surface area (Å²) < 4.78 is 0. The van der Waals surface area contributed by atoms with E-state index in [1.165, 1.54) is 0 Å². The van der Waals surface area contributed by atoms with Crippen LogP contribution in [0.15, 0.2) is 78.9 Å². The zero-order chi connectivity index (χ0) is 15.2. The highest BCUT2D eigenvalue weighted by Gasteiger charge is 2.08. The van der Waals surface area contributed by atoms with Crippen LogP contribution in [0.2, 0.25) is 0 Å². The van der Waals surface area contributed by atoms with Gasteiger partial charge in [0, 0.05) is 16.9 Å². The van der Waals surface area contributed by atoms with E-state index in [0.717, 1.165) is 29.0 Å². The second kappa shape index (κ2) is 6.59. The first kappa shape index (κ1) is 13.9. The summed E-state index contributed by atoms with van der Waals surface area (Å²) >= 11 is 0. The van der Waals surface area contributed by atoms with Gasteiger partial charge in [-0.15, -0.1) is 0 Å². The predicted molar refractivity (Wildman–Crippen MR) is 91.3 cm³/mol. The van der Waals surface area contributed by atoms with Crippen molar-refractivity contribution in [3.05, 3.63) is 84.4 Å². The fourth-order valence-corrected chi connectivity index (χ4v) is 2.25. The lowest BCUT2D eigenvalue weighted by Gasteiger charge is -2.16. The molecule has 3 nitrogen and oxygen atoms in total. The first-order valence-electron chi connectivity index (χ1n) is 7.09. The van der Waals surface area contributed by atoms with E-state index in [0.29, 0.717) is 5.56 Å². The Labute approximate surface area is 129 Å². The number of carbonyl (C=O) groups is 1. The summed E-state index contributed by atoms with van der Waals surface area (Å²) in [5.74, 6) is 0. The van der Waals surface area contributed by atoms with Crippen LogP contribution in [-0.4, -0.2) is 6.29 Å². The molecule has 0 saturated heterocycles. The van der Waals surface area contributed by atoms with Crippen LogP contribution in [0.4, 0.5) is 22.7 Å². The van der Waals surface area contributed by atoms with Crippen molar-refractivity contribution in [3.8, 4) is 0 Å². The number of rotatable bonds is 5. The largest absolute Gasteiger partial charge is 0.354 e. The minimum absolute atomic E-state index is 0.616. The molecule has 3 aromatic rings. The molecule has 3 aromatic carbocycles. The first-order valence-corrected chi connectivity index (χ1v) is 7.09. The highest BCUT2D eigenvalue weighted by molar-refractivity contribution is 5.93. The molecular formula is C19H16N2O. The van der Waals surface area contributed by atoms with Crippen LogP contribution in [0.1, 0.15) is 10.4 Å². The van der Waals surface area contributed by atoms with Crippen LogP contribution in [-0.2, 0) is 0 Å². The maximum atomic E-state index is 11.4. The van der Waals surface area contributed by atoms with Gasteiger partial charge in [0.05, 0.1) is 11.4 Å². The Bertz CT molecular complexity index is 755. The highest BCUT2D eigenvalue weighted by Crippen LogP contribution is 2.31. The molecule has 0 aliphatic carbocycles. The SMILES string of the molecule is O=Cc1cccc(Nc2ccccc2)c1Nc1ccccc1. The van der Waals surface area contributed by atoms with Crippen LogP contribution < -0.4 is 10.6 Å². The number of anilines is 4. The number of para-hydroxylation sites is 3. The third-order valence-electron chi connectivity index (χ3n) is 3.32. The standard InChI is InChI=1S/C19H16N2O/c22-14-15-8-7-13-18(20-16-9-3-1-4-10-16)19(15)21-17-11-5-2-6-12-17/h1-14,20-21H. The lowest BCUT2D eigenvalue weighted by atomic mass is 10.1. The molecule has 0 aromatic heterocycles. The van der Waals surface area contributed by atoms with Gasteiger partial charge in [-0.3, -0.25) is 4.79 Å². The number of aldehydes is 1. The number of nitrogens with one attached hydrogen (secondary N) is 2. The van der Waals surface area contributed by atoms with Crippen molar-refractivity contribution >= 4 is 29.0 Å². The number of hydrogen-bond donors (Lipinski definition) is 2. The molecule has 0 atom stereocenters. The number of benzene rings is 3. The Morgan fingerprint density at radius 1 is 0.636 bits per heavy atom. The van der Waals surface area contributed by atoms with Gasteiger partial charge in [-0.2, -0.15) is 0 Å². The second-order valence-electron chi connectivity index (χ2n) is 4.87. The van der Waals surface area contributed by atoms with Crippen molar-refractivity contribution < 1.29 is 4.79 Å². The van der Waals surface area contributed by atoms with Gasteiger partial charge in [-0.25, -0.2) is 0 Å². The number of carbonyl (C=O) groups excluding carboxylic acids is 1. The van der Waals surface area contributed by atoms with Gasteiger partial charge in [0.2, 0.25) is 0 Å². The van der Waals surface area contributed by atoms with E-state index in [-0.39, 0.29) is 0 Å². The summed E-state index contributed by atoms with van der Waals surface area (Å²) in [6.07, 6.45) is 0.863. The van der Waals surface area contributed by atoms with E-state index in [2.05, 4.69) is 10.6 Å². The van der Waals surface area contributed by atoms with E-state index in [1.54, 1.807) is 6.07 Å². The maximum Gasteiger partial charge on any atom is 0.152 e. The van der Waals surface area contributed by atoms with Crippen LogP contribution in [0.25, 0.3) is 0 Å². The Hall–Kier alpha value is -3.07. The Morgan fingerprint density at radius 3 is 1.82 bits per heavy atom. The fourth-order valence-electron chi connectivity index (χ4n) is 2.25. The predicted octanol–water partition coefficient (Wildman–Crippen LogP) is 4.99. The normalized spacial score (nSPS) is 10.0. The molecule has 0 radical (unpaired) electrons. The monoisotopic (exact) mass is 288 g/mol. The van der Waals surface area contributed by atoms with Gasteiger partial charge < -0.3 is 10.6 Å². The fraction of sp³-hybridized carbons (Fsp3) is 0. The Morgan fingerprint density at radius 2 is 1.23 bits per heavy atom. The van der Waals surface area contributed by atoms with Crippen molar-refractivity contribution in [1.82, 2.24) is 0 Å². The molecule has 108 valence electrons. The molecule has 0 aliphatic rings. The van der Waals surface area contributed by atoms with Crippen molar-refractivity contribution in [3.63, 3.8) is 0 Å². The van der Waals surface area contributed by atoms with Gasteiger partial charge in [-0.1, -0.05) is 42.5 Å². The molecular weight excluding hydrogens is 272 g/mol. The van der Waals surface area contributed by atoms with Gasteiger partial charge >= 0.3 is 0 Å². The van der Waals surface area contributed by atoms with E-state index in [9.17, 15) is 4.79 Å². The van der Waals surface area contributed by atoms with Gasteiger partial charge in [-0.05, 0) is 36.4 Å². The maximum absolute atomic E-state index is 11.4. The average molecular weight is 288 g/mol. The minimum Gasteiger partial charge on any atom is -0.354 e. The van der Waals surface area contributed by atoms with Gasteiger partial charge in [0.25, 0.3) is 0 Å². The summed E-state index contributed by atoms with van der Waals surface area (Å²) in [6.45, 7) is 0. The van der Waals surface area contributed by atoms with E-state index < -0.39 is 0 Å². The molecule has 3 rings (SSSR count). The Balaban J connectivity index is 1.97. The highest BCUT2D eigenvalue weighted by atomic mass is 16.1. The van der Waals surface area contributed by atoms with Crippen LogP contribution >= 0.6 is 0 Å². The van der Waals surface area contributed by atoms with Crippen molar-refractivity contribution in [2.24, 2.45) is 0 Å². The van der Waals surface area contributed by atoms with E-state index in [1.807, 2.05) is 72.8 Å². The Kier molecular flexibility index (Phi) is 4.16. The number of hydrogen-bond acceptors (Lipinski definition) is 3. The molecule has 0 aliphatic heterocycles. The third kappa shape index (κ3) is 3.15. The average Bonchev–Trinajstić information content (AvgIpc) is 2.58. The summed E-state index contributed by atoms with van der Waals surface area (Å²) in [6, 6.07) is 25.3. The second-order valence-corrected chi connectivity index (χ2v) is 4.87. The molecule has 0 fully saturated rings. The molecule has 0 unspecified atom stereocenters. The van der Waals surface area contributed by atoms with Crippen molar-refractivity contribution in [2.75, 3.05) is 10.6 Å². The van der Waals surface area contributed by atoms with Gasteiger partial charge in [0.15, 0.2) is 6.29 Å². The molecule has 2 N–H and O–H groups in total. The zero-order valence-corrected chi connectivity index (χ0v) is 12.0. The molecule has 3 heteroatoms. The molecule has 0 heterocycles. The minimum atomic E-state index is 0.616. The first-order chi connectivity index (χ1) is 10.9. The van der Waals surface area contributed by atoms with E-state index >= 15 is 0 Å². The summed E-state index contributed by atoms with van der Waals surface area (Å²) in [5, 5.41) is 6.66. The smallest absolute Gasteiger partial charge is 0.152 e. The lowest BCUT2D eigenvalue weighted by molar-refractivity contribution is 0.112. The van der Waals surface area contributed by atoms with Gasteiger partial charge in [0.1, 0.15) is 0 Å². The topological polar surface area (TPSA) is 41.1 Å². The van der Waals surface area contributed by atoms with Crippen LogP contribution in [0.5, 0.6) is 0 Å². The van der Waals surface area contributed by atoms with Crippen molar-refractivity contribution in [2.45, 2.75) is 0 Å². The quantitative estimate of drug-likeness (QED) is 0.650. The zero-order valence-electron chi connectivity index (χ0n) is 12.0.